The molecule has 0 unspecified atom stereocenters. The van der Waals surface area contributed by atoms with Gasteiger partial charge < -0.3 is 5.73 Å². The molecule has 2 aromatic rings. The van der Waals surface area contributed by atoms with Gasteiger partial charge in [-0.05, 0) is 44.5 Å². The van der Waals surface area contributed by atoms with Crippen LogP contribution in [0.2, 0.25) is 0 Å². The maximum Gasteiger partial charge on any atom is 0.0681 e. The Bertz CT molecular complexity index is 486. The first-order valence-electron chi connectivity index (χ1n) is 5.54. The van der Waals surface area contributed by atoms with E-state index >= 15 is 0 Å². The molecule has 1 aromatic heterocycles. The zero-order valence-electron chi connectivity index (χ0n) is 9.77. The highest BCUT2D eigenvalue weighted by molar-refractivity contribution is 5.42. The van der Waals surface area contributed by atoms with Crippen molar-refractivity contribution in [3.05, 3.63) is 47.3 Å². The van der Waals surface area contributed by atoms with Crippen LogP contribution in [0.5, 0.6) is 0 Å². The van der Waals surface area contributed by atoms with Gasteiger partial charge in [-0.1, -0.05) is 18.2 Å². The van der Waals surface area contributed by atoms with Crippen molar-refractivity contribution >= 4 is 0 Å². The fourth-order valence-corrected chi connectivity index (χ4v) is 1.96. The highest BCUT2D eigenvalue weighted by Crippen LogP contribution is 2.16. The lowest BCUT2D eigenvalue weighted by atomic mass is 10.1. The molecule has 0 aliphatic carbocycles. The molecule has 3 nitrogen and oxygen atoms in total. The summed E-state index contributed by atoms with van der Waals surface area (Å²) in [6.45, 7) is 4.74. The fourth-order valence-electron chi connectivity index (χ4n) is 1.96. The van der Waals surface area contributed by atoms with Crippen molar-refractivity contribution in [3.8, 4) is 5.69 Å². The molecular weight excluding hydrogens is 198 g/mol. The van der Waals surface area contributed by atoms with Crippen molar-refractivity contribution in [3.63, 3.8) is 0 Å². The van der Waals surface area contributed by atoms with Crippen LogP contribution < -0.4 is 5.73 Å². The summed E-state index contributed by atoms with van der Waals surface area (Å²) in [5.41, 5.74) is 10.2. The number of benzene rings is 1. The number of rotatable bonds is 3. The van der Waals surface area contributed by atoms with Gasteiger partial charge >= 0.3 is 0 Å². The molecule has 2 rings (SSSR count). The molecule has 1 heterocycles. The van der Waals surface area contributed by atoms with Crippen LogP contribution in [-0.2, 0) is 6.42 Å². The first kappa shape index (κ1) is 10.9. The Balaban J connectivity index is 2.50. The van der Waals surface area contributed by atoms with E-state index in [0.29, 0.717) is 6.54 Å². The van der Waals surface area contributed by atoms with Gasteiger partial charge in [-0.2, -0.15) is 5.10 Å². The summed E-state index contributed by atoms with van der Waals surface area (Å²) in [7, 11) is 0. The number of aromatic nitrogens is 2. The molecule has 0 saturated carbocycles. The summed E-state index contributed by atoms with van der Waals surface area (Å²) in [5, 5.41) is 4.50. The highest BCUT2D eigenvalue weighted by atomic mass is 15.3. The van der Waals surface area contributed by atoms with Crippen molar-refractivity contribution < 1.29 is 0 Å². The minimum Gasteiger partial charge on any atom is -0.330 e. The van der Waals surface area contributed by atoms with E-state index in [1.807, 2.05) is 23.7 Å². The van der Waals surface area contributed by atoms with Crippen LogP contribution in [0.4, 0.5) is 0 Å². The zero-order valence-corrected chi connectivity index (χ0v) is 9.77. The first-order chi connectivity index (χ1) is 7.72. The Kier molecular flexibility index (Phi) is 3.06. The van der Waals surface area contributed by atoms with Gasteiger partial charge in [-0.15, -0.1) is 0 Å². The minimum atomic E-state index is 0.663. The Morgan fingerprint density at radius 2 is 2.00 bits per heavy atom. The average molecular weight is 215 g/mol. The molecule has 0 radical (unpaired) electrons. The van der Waals surface area contributed by atoms with Gasteiger partial charge in [0.25, 0.3) is 0 Å². The number of hydrogen-bond donors (Lipinski definition) is 1. The molecule has 0 amide bonds. The van der Waals surface area contributed by atoms with Crippen LogP contribution in [0, 0.1) is 13.8 Å². The SMILES string of the molecule is Cc1cc(C)n(-c2ccccc2CCN)n1. The number of aryl methyl sites for hydroxylation is 2. The quantitative estimate of drug-likeness (QED) is 0.851. The third kappa shape index (κ3) is 1.99. The molecular formula is C13H17N3. The lowest BCUT2D eigenvalue weighted by Crippen LogP contribution is -2.08. The summed E-state index contributed by atoms with van der Waals surface area (Å²) in [5.74, 6) is 0. The van der Waals surface area contributed by atoms with Gasteiger partial charge in [0.05, 0.1) is 11.4 Å². The van der Waals surface area contributed by atoms with Crippen molar-refractivity contribution in [1.29, 1.82) is 0 Å². The molecule has 3 heteroatoms. The largest absolute Gasteiger partial charge is 0.330 e. The topological polar surface area (TPSA) is 43.8 Å². The van der Waals surface area contributed by atoms with Gasteiger partial charge in [-0.25, -0.2) is 4.68 Å². The molecule has 84 valence electrons. The highest BCUT2D eigenvalue weighted by Gasteiger charge is 2.07. The van der Waals surface area contributed by atoms with E-state index in [-0.39, 0.29) is 0 Å². The smallest absolute Gasteiger partial charge is 0.0681 e. The normalized spacial score (nSPS) is 10.7. The Labute approximate surface area is 95.9 Å². The maximum atomic E-state index is 5.62. The summed E-state index contributed by atoms with van der Waals surface area (Å²) in [6.07, 6.45) is 0.883. The van der Waals surface area contributed by atoms with Gasteiger partial charge in [0, 0.05) is 5.69 Å². The second-order valence-electron chi connectivity index (χ2n) is 4.01. The molecule has 0 saturated heterocycles. The van der Waals surface area contributed by atoms with E-state index in [0.717, 1.165) is 23.5 Å². The van der Waals surface area contributed by atoms with Crippen LogP contribution in [0.1, 0.15) is 17.0 Å². The van der Waals surface area contributed by atoms with Crippen molar-refractivity contribution in [2.75, 3.05) is 6.54 Å². The fraction of sp³-hybridized carbons (Fsp3) is 0.308. The zero-order chi connectivity index (χ0) is 11.5. The summed E-state index contributed by atoms with van der Waals surface area (Å²) in [6, 6.07) is 10.4. The van der Waals surface area contributed by atoms with E-state index in [1.54, 1.807) is 0 Å². The van der Waals surface area contributed by atoms with Gasteiger partial charge in [-0.3, -0.25) is 0 Å². The van der Waals surface area contributed by atoms with Gasteiger partial charge in [0.15, 0.2) is 0 Å². The molecule has 1 aromatic carbocycles. The Hall–Kier alpha value is -1.61. The molecule has 0 atom stereocenters. The standard InChI is InChI=1S/C13H17N3/c1-10-9-11(2)16(15-10)13-6-4-3-5-12(13)7-8-14/h3-6,9H,7-8,14H2,1-2H3. The Morgan fingerprint density at radius 1 is 1.25 bits per heavy atom. The van der Waals surface area contributed by atoms with E-state index in [2.05, 4.69) is 30.2 Å². The lowest BCUT2D eigenvalue weighted by Gasteiger charge is -2.10. The second kappa shape index (κ2) is 4.49. The van der Waals surface area contributed by atoms with E-state index < -0.39 is 0 Å². The van der Waals surface area contributed by atoms with Crippen LogP contribution in [0.25, 0.3) is 5.69 Å². The van der Waals surface area contributed by atoms with E-state index in [9.17, 15) is 0 Å². The summed E-state index contributed by atoms with van der Waals surface area (Å²) < 4.78 is 1.99. The predicted octanol–water partition coefficient (Wildman–Crippen LogP) is 1.99. The van der Waals surface area contributed by atoms with Crippen LogP contribution in [-0.4, -0.2) is 16.3 Å². The van der Waals surface area contributed by atoms with E-state index in [1.165, 1.54) is 5.56 Å². The van der Waals surface area contributed by atoms with Crippen LogP contribution in [0.15, 0.2) is 30.3 Å². The van der Waals surface area contributed by atoms with Gasteiger partial charge in [0.1, 0.15) is 0 Å². The third-order valence-electron chi connectivity index (χ3n) is 2.64. The molecule has 0 spiro atoms. The van der Waals surface area contributed by atoms with Crippen LogP contribution >= 0.6 is 0 Å². The average Bonchev–Trinajstić information content (AvgIpc) is 2.59. The predicted molar refractivity (Wildman–Crippen MR) is 65.8 cm³/mol. The minimum absolute atomic E-state index is 0.663. The maximum absolute atomic E-state index is 5.62. The second-order valence-corrected chi connectivity index (χ2v) is 4.01. The van der Waals surface area contributed by atoms with Crippen molar-refractivity contribution in [2.45, 2.75) is 20.3 Å². The molecule has 0 bridgehead atoms. The summed E-state index contributed by atoms with van der Waals surface area (Å²) >= 11 is 0. The lowest BCUT2D eigenvalue weighted by molar-refractivity contribution is 0.813. The number of hydrogen-bond acceptors (Lipinski definition) is 2. The molecule has 0 aliphatic heterocycles. The number of para-hydroxylation sites is 1. The van der Waals surface area contributed by atoms with Crippen molar-refractivity contribution in [1.82, 2.24) is 9.78 Å². The van der Waals surface area contributed by atoms with Gasteiger partial charge in [0.2, 0.25) is 0 Å². The van der Waals surface area contributed by atoms with E-state index in [4.69, 9.17) is 5.73 Å². The Morgan fingerprint density at radius 3 is 2.62 bits per heavy atom. The van der Waals surface area contributed by atoms with Crippen LogP contribution in [0.3, 0.4) is 0 Å². The third-order valence-corrected chi connectivity index (χ3v) is 2.64. The van der Waals surface area contributed by atoms with Crippen molar-refractivity contribution in [2.24, 2.45) is 5.73 Å². The molecule has 0 fully saturated rings. The number of nitrogens with two attached hydrogens (primary N) is 1. The molecule has 0 aliphatic rings. The first-order valence-corrected chi connectivity index (χ1v) is 5.54. The molecule has 16 heavy (non-hydrogen) atoms. The monoisotopic (exact) mass is 215 g/mol. The number of nitrogens with zero attached hydrogens (tertiary/aromatic N) is 2. The summed E-state index contributed by atoms with van der Waals surface area (Å²) in [4.78, 5) is 0. The molecule has 2 N–H and O–H groups in total.